The molecule has 0 N–H and O–H groups in total. The number of hydrogen-bond acceptors (Lipinski definition) is 4. The van der Waals surface area contributed by atoms with E-state index in [-0.39, 0.29) is 19.8 Å². The van der Waals surface area contributed by atoms with Crippen molar-refractivity contribution in [3.8, 4) is 0 Å². The first-order valence-corrected chi connectivity index (χ1v) is 7.48. The summed E-state index contributed by atoms with van der Waals surface area (Å²) in [4.78, 5) is 24.9. The smallest absolute Gasteiger partial charge is 0.414 e. The standard InChI is InChI=1S/C19H19NO4/c1-2-20(19(22)24-15-17-11-7-4-8-12-17)13-18(21)23-14-16-9-5-3-6-10-16/h2-12H,1,13-15H2. The van der Waals surface area contributed by atoms with Crippen LogP contribution in [0, 0.1) is 0 Å². The number of ether oxygens (including phenoxy) is 2. The van der Waals surface area contributed by atoms with Gasteiger partial charge in [-0.1, -0.05) is 67.2 Å². The summed E-state index contributed by atoms with van der Waals surface area (Å²) in [6.07, 6.45) is 0.599. The normalized spacial score (nSPS) is 9.83. The van der Waals surface area contributed by atoms with Gasteiger partial charge in [0.2, 0.25) is 0 Å². The van der Waals surface area contributed by atoms with Crippen LogP contribution in [-0.4, -0.2) is 23.5 Å². The SMILES string of the molecule is C=CN(CC(=O)OCc1ccccc1)C(=O)OCc1ccccc1. The van der Waals surface area contributed by atoms with Crippen molar-refractivity contribution >= 4 is 12.1 Å². The Balaban J connectivity index is 1.78. The van der Waals surface area contributed by atoms with Crippen molar-refractivity contribution in [1.29, 1.82) is 0 Å². The van der Waals surface area contributed by atoms with E-state index in [0.29, 0.717) is 0 Å². The molecule has 2 aromatic rings. The zero-order valence-electron chi connectivity index (χ0n) is 13.3. The molecule has 0 unspecified atom stereocenters. The van der Waals surface area contributed by atoms with Gasteiger partial charge in [-0.2, -0.15) is 0 Å². The Morgan fingerprint density at radius 3 is 1.88 bits per heavy atom. The summed E-state index contributed by atoms with van der Waals surface area (Å²) < 4.78 is 10.3. The average Bonchev–Trinajstić information content (AvgIpc) is 2.64. The first-order chi connectivity index (χ1) is 11.7. The van der Waals surface area contributed by atoms with Gasteiger partial charge in [0, 0.05) is 6.20 Å². The lowest BCUT2D eigenvalue weighted by atomic mass is 10.2. The van der Waals surface area contributed by atoms with Crippen LogP contribution in [0.4, 0.5) is 4.79 Å². The fourth-order valence-electron chi connectivity index (χ4n) is 1.93. The molecule has 0 aliphatic rings. The molecule has 0 saturated carbocycles. The van der Waals surface area contributed by atoms with Crippen molar-refractivity contribution in [3.05, 3.63) is 84.6 Å². The van der Waals surface area contributed by atoms with Crippen LogP contribution in [0.25, 0.3) is 0 Å². The highest BCUT2D eigenvalue weighted by atomic mass is 16.6. The number of nitrogens with zero attached hydrogens (tertiary/aromatic N) is 1. The minimum atomic E-state index is -0.648. The number of carbonyl (C=O) groups excluding carboxylic acids is 2. The first kappa shape index (κ1) is 17.3. The molecule has 124 valence electrons. The van der Waals surface area contributed by atoms with E-state index in [0.717, 1.165) is 16.0 Å². The Morgan fingerprint density at radius 2 is 1.38 bits per heavy atom. The first-order valence-electron chi connectivity index (χ1n) is 7.48. The van der Waals surface area contributed by atoms with Gasteiger partial charge in [-0.15, -0.1) is 0 Å². The van der Waals surface area contributed by atoms with Gasteiger partial charge in [-0.25, -0.2) is 4.79 Å². The lowest BCUT2D eigenvalue weighted by Gasteiger charge is -2.17. The van der Waals surface area contributed by atoms with Gasteiger partial charge < -0.3 is 9.47 Å². The summed E-state index contributed by atoms with van der Waals surface area (Å²) in [5.74, 6) is -0.532. The second-order valence-corrected chi connectivity index (χ2v) is 5.00. The summed E-state index contributed by atoms with van der Waals surface area (Å²) in [6, 6.07) is 18.6. The maximum atomic E-state index is 12.0. The van der Waals surface area contributed by atoms with Gasteiger partial charge in [-0.05, 0) is 11.1 Å². The quantitative estimate of drug-likeness (QED) is 0.731. The van der Waals surface area contributed by atoms with Crippen LogP contribution >= 0.6 is 0 Å². The predicted molar refractivity (Wildman–Crippen MR) is 89.8 cm³/mol. The van der Waals surface area contributed by atoms with Gasteiger partial charge in [0.05, 0.1) is 0 Å². The van der Waals surface area contributed by atoms with Crippen LogP contribution in [0.1, 0.15) is 11.1 Å². The van der Waals surface area contributed by atoms with E-state index in [1.54, 1.807) is 0 Å². The van der Waals surface area contributed by atoms with Crippen molar-refractivity contribution < 1.29 is 19.1 Å². The van der Waals surface area contributed by atoms with Gasteiger partial charge in [0.25, 0.3) is 0 Å². The number of rotatable bonds is 7. The fraction of sp³-hybridized carbons (Fsp3) is 0.158. The van der Waals surface area contributed by atoms with Crippen molar-refractivity contribution in [2.45, 2.75) is 13.2 Å². The molecule has 0 saturated heterocycles. The third-order valence-corrected chi connectivity index (χ3v) is 3.20. The van der Waals surface area contributed by atoms with Gasteiger partial charge in [0.1, 0.15) is 19.8 Å². The van der Waals surface area contributed by atoms with Crippen LogP contribution in [0.15, 0.2) is 73.4 Å². The minimum absolute atomic E-state index is 0.128. The second kappa shape index (κ2) is 9.15. The summed E-state index contributed by atoms with van der Waals surface area (Å²) in [7, 11) is 0. The molecule has 0 aromatic heterocycles. The number of hydrogen-bond donors (Lipinski definition) is 0. The molecule has 5 heteroatoms. The number of benzene rings is 2. The molecule has 0 aliphatic heterocycles. The Morgan fingerprint density at radius 1 is 0.875 bits per heavy atom. The molecular formula is C19H19NO4. The summed E-state index contributed by atoms with van der Waals surface area (Å²) in [5, 5.41) is 0. The Kier molecular flexibility index (Phi) is 6.58. The van der Waals surface area contributed by atoms with Crippen LogP contribution < -0.4 is 0 Å². The van der Waals surface area contributed by atoms with E-state index in [9.17, 15) is 9.59 Å². The number of amides is 1. The Hall–Kier alpha value is -3.08. The lowest BCUT2D eigenvalue weighted by molar-refractivity contribution is -0.145. The van der Waals surface area contributed by atoms with Crippen LogP contribution in [0.3, 0.4) is 0 Å². The minimum Gasteiger partial charge on any atom is -0.459 e. The molecule has 0 radical (unpaired) electrons. The van der Waals surface area contributed by atoms with Crippen molar-refractivity contribution in [2.24, 2.45) is 0 Å². The second-order valence-electron chi connectivity index (χ2n) is 5.00. The molecule has 0 aliphatic carbocycles. The van der Waals surface area contributed by atoms with Crippen molar-refractivity contribution in [1.82, 2.24) is 4.90 Å². The highest BCUT2D eigenvalue weighted by Crippen LogP contribution is 2.05. The van der Waals surface area contributed by atoms with Gasteiger partial charge in [-0.3, -0.25) is 9.69 Å². The van der Waals surface area contributed by atoms with Crippen LogP contribution in [-0.2, 0) is 27.5 Å². The lowest BCUT2D eigenvalue weighted by Crippen LogP contribution is -2.32. The zero-order chi connectivity index (χ0) is 17.2. The molecular weight excluding hydrogens is 306 g/mol. The number of carbonyl (C=O) groups is 2. The third kappa shape index (κ3) is 5.61. The van der Waals surface area contributed by atoms with E-state index >= 15 is 0 Å². The van der Waals surface area contributed by atoms with E-state index < -0.39 is 12.1 Å². The molecule has 0 atom stereocenters. The van der Waals surface area contributed by atoms with Crippen LogP contribution in [0.2, 0.25) is 0 Å². The molecule has 5 nitrogen and oxygen atoms in total. The zero-order valence-corrected chi connectivity index (χ0v) is 13.3. The summed E-state index contributed by atoms with van der Waals surface area (Å²) >= 11 is 0. The largest absolute Gasteiger partial charge is 0.459 e. The predicted octanol–water partition coefficient (Wildman–Crippen LogP) is 3.51. The maximum absolute atomic E-state index is 12.0. The van der Waals surface area contributed by atoms with Crippen molar-refractivity contribution in [3.63, 3.8) is 0 Å². The summed E-state index contributed by atoms with van der Waals surface area (Å²) in [6.45, 7) is 3.56. The fourth-order valence-corrected chi connectivity index (χ4v) is 1.93. The molecule has 24 heavy (non-hydrogen) atoms. The van der Waals surface area contributed by atoms with E-state index in [1.807, 2.05) is 60.7 Å². The number of esters is 1. The highest BCUT2D eigenvalue weighted by Gasteiger charge is 2.17. The van der Waals surface area contributed by atoms with Crippen LogP contribution in [0.5, 0.6) is 0 Å². The maximum Gasteiger partial charge on any atom is 0.414 e. The molecule has 0 bridgehead atoms. The molecule has 0 spiro atoms. The molecule has 0 fully saturated rings. The Labute approximate surface area is 141 Å². The topological polar surface area (TPSA) is 55.8 Å². The molecule has 1 amide bonds. The monoisotopic (exact) mass is 325 g/mol. The summed E-state index contributed by atoms with van der Waals surface area (Å²) in [5.41, 5.74) is 1.74. The van der Waals surface area contributed by atoms with E-state index in [4.69, 9.17) is 9.47 Å². The highest BCUT2D eigenvalue weighted by molar-refractivity contribution is 5.78. The molecule has 0 heterocycles. The van der Waals surface area contributed by atoms with E-state index in [1.165, 1.54) is 6.20 Å². The van der Waals surface area contributed by atoms with E-state index in [2.05, 4.69) is 6.58 Å². The van der Waals surface area contributed by atoms with Gasteiger partial charge >= 0.3 is 12.1 Å². The third-order valence-electron chi connectivity index (χ3n) is 3.20. The Bertz CT molecular complexity index is 670. The van der Waals surface area contributed by atoms with Gasteiger partial charge in [0.15, 0.2) is 0 Å². The molecule has 2 rings (SSSR count). The average molecular weight is 325 g/mol. The molecule has 2 aromatic carbocycles. The van der Waals surface area contributed by atoms with Crippen molar-refractivity contribution in [2.75, 3.05) is 6.54 Å².